The molecule has 0 atom stereocenters. The number of pyridine rings is 1. The average Bonchev–Trinajstić information content (AvgIpc) is 2.88. The summed E-state index contributed by atoms with van der Waals surface area (Å²) in [6, 6.07) is 10.3. The van der Waals surface area contributed by atoms with Crippen LogP contribution in [-0.4, -0.2) is 21.1 Å². The van der Waals surface area contributed by atoms with Crippen LogP contribution in [-0.2, 0) is 6.61 Å². The zero-order valence-corrected chi connectivity index (χ0v) is 11.6. The van der Waals surface area contributed by atoms with Gasteiger partial charge in [-0.15, -0.1) is 0 Å². The molecule has 2 heterocycles. The summed E-state index contributed by atoms with van der Waals surface area (Å²) in [7, 11) is 0. The fourth-order valence-electron chi connectivity index (χ4n) is 2.34. The highest BCUT2D eigenvalue weighted by molar-refractivity contribution is 5.67. The zero-order valence-electron chi connectivity index (χ0n) is 11.6. The first-order valence-corrected chi connectivity index (χ1v) is 6.74. The number of aliphatic hydroxyl groups excluding tert-OH is 1. The maximum atomic E-state index is 13.8. The van der Waals surface area contributed by atoms with E-state index in [9.17, 15) is 9.50 Å². The van der Waals surface area contributed by atoms with Gasteiger partial charge < -0.3 is 9.84 Å². The number of nitrogens with zero attached hydrogens (tertiary/aromatic N) is 2. The van der Waals surface area contributed by atoms with Crippen molar-refractivity contribution in [1.82, 2.24) is 9.38 Å². The molecule has 4 nitrogen and oxygen atoms in total. The van der Waals surface area contributed by atoms with E-state index in [1.807, 2.05) is 31.2 Å². The van der Waals surface area contributed by atoms with E-state index in [0.717, 1.165) is 11.3 Å². The van der Waals surface area contributed by atoms with Gasteiger partial charge in [0.25, 0.3) is 0 Å². The van der Waals surface area contributed by atoms with Crippen LogP contribution in [0.5, 0.6) is 5.75 Å². The molecule has 0 unspecified atom stereocenters. The van der Waals surface area contributed by atoms with Gasteiger partial charge in [-0.3, -0.25) is 4.40 Å². The van der Waals surface area contributed by atoms with Crippen LogP contribution in [0.2, 0.25) is 0 Å². The van der Waals surface area contributed by atoms with Gasteiger partial charge >= 0.3 is 0 Å². The van der Waals surface area contributed by atoms with E-state index in [-0.39, 0.29) is 12.3 Å². The summed E-state index contributed by atoms with van der Waals surface area (Å²) in [5.41, 5.74) is 2.16. The van der Waals surface area contributed by atoms with Gasteiger partial charge in [-0.25, -0.2) is 9.37 Å². The minimum atomic E-state index is -0.413. The molecule has 3 aromatic rings. The molecule has 1 N–H and O–H groups in total. The Morgan fingerprint density at radius 1 is 1.24 bits per heavy atom. The largest absolute Gasteiger partial charge is 0.494 e. The van der Waals surface area contributed by atoms with Crippen LogP contribution >= 0.6 is 0 Å². The third-order valence-electron chi connectivity index (χ3n) is 3.29. The van der Waals surface area contributed by atoms with E-state index in [4.69, 9.17) is 4.74 Å². The molecule has 0 aliphatic rings. The van der Waals surface area contributed by atoms with Crippen molar-refractivity contribution in [2.45, 2.75) is 13.5 Å². The summed E-state index contributed by atoms with van der Waals surface area (Å²) in [5, 5.41) is 9.59. The van der Waals surface area contributed by atoms with Crippen molar-refractivity contribution in [1.29, 1.82) is 0 Å². The summed E-state index contributed by atoms with van der Waals surface area (Å²) >= 11 is 0. The van der Waals surface area contributed by atoms with Crippen LogP contribution in [0.1, 0.15) is 12.6 Å². The minimum absolute atomic E-state index is 0.213. The summed E-state index contributed by atoms with van der Waals surface area (Å²) in [4.78, 5) is 4.32. The van der Waals surface area contributed by atoms with Crippen molar-refractivity contribution < 1.29 is 14.2 Å². The maximum absolute atomic E-state index is 13.8. The fourth-order valence-corrected chi connectivity index (χ4v) is 2.34. The molecule has 0 fully saturated rings. The summed E-state index contributed by atoms with van der Waals surface area (Å²) < 4.78 is 20.8. The Balaban J connectivity index is 2.13. The molecule has 108 valence electrons. The topological polar surface area (TPSA) is 46.8 Å². The smallest absolute Gasteiger partial charge is 0.174 e. The van der Waals surface area contributed by atoms with Gasteiger partial charge in [0.2, 0.25) is 0 Å². The quantitative estimate of drug-likeness (QED) is 0.802. The molecule has 0 radical (unpaired) electrons. The number of halogens is 1. The van der Waals surface area contributed by atoms with Gasteiger partial charge in [-0.05, 0) is 43.3 Å². The van der Waals surface area contributed by atoms with Crippen molar-refractivity contribution in [2.75, 3.05) is 6.61 Å². The second kappa shape index (κ2) is 5.54. The number of ether oxygens (including phenoxy) is 1. The van der Waals surface area contributed by atoms with Crippen molar-refractivity contribution >= 4 is 5.65 Å². The van der Waals surface area contributed by atoms with Crippen LogP contribution in [0, 0.1) is 5.82 Å². The van der Waals surface area contributed by atoms with Crippen LogP contribution in [0.4, 0.5) is 4.39 Å². The molecule has 3 rings (SSSR count). The number of hydrogen-bond donors (Lipinski definition) is 1. The van der Waals surface area contributed by atoms with Crippen LogP contribution in [0.25, 0.3) is 16.9 Å². The Labute approximate surface area is 121 Å². The van der Waals surface area contributed by atoms with Gasteiger partial charge in [0, 0.05) is 11.8 Å². The third-order valence-corrected chi connectivity index (χ3v) is 3.29. The highest BCUT2D eigenvalue weighted by Crippen LogP contribution is 2.27. The predicted molar refractivity (Wildman–Crippen MR) is 77.7 cm³/mol. The van der Waals surface area contributed by atoms with Crippen LogP contribution in [0.3, 0.4) is 0 Å². The Morgan fingerprint density at radius 3 is 2.67 bits per heavy atom. The van der Waals surface area contributed by atoms with Crippen LogP contribution < -0.4 is 4.74 Å². The number of fused-ring (bicyclic) bond motifs is 1. The maximum Gasteiger partial charge on any atom is 0.174 e. The molecular formula is C16H15FN2O2. The number of imidazole rings is 1. The molecule has 2 aromatic heterocycles. The number of aromatic nitrogens is 2. The molecular weight excluding hydrogens is 271 g/mol. The first kappa shape index (κ1) is 13.6. The Hall–Kier alpha value is -2.40. The molecule has 0 saturated heterocycles. The lowest BCUT2D eigenvalue weighted by Crippen LogP contribution is -1.95. The van der Waals surface area contributed by atoms with E-state index >= 15 is 0 Å². The van der Waals surface area contributed by atoms with E-state index < -0.39 is 5.82 Å². The summed E-state index contributed by atoms with van der Waals surface area (Å²) in [6.07, 6.45) is 1.69. The first-order valence-electron chi connectivity index (χ1n) is 6.74. The lowest BCUT2D eigenvalue weighted by Gasteiger charge is -2.05. The number of aliphatic hydroxyl groups is 1. The Kier molecular flexibility index (Phi) is 3.58. The monoisotopic (exact) mass is 286 g/mol. The second-order valence-electron chi connectivity index (χ2n) is 4.57. The molecule has 0 saturated carbocycles. The summed E-state index contributed by atoms with van der Waals surface area (Å²) in [5.74, 6) is 0.353. The lowest BCUT2D eigenvalue weighted by atomic mass is 10.1. The van der Waals surface area contributed by atoms with Crippen molar-refractivity contribution in [3.05, 3.63) is 54.1 Å². The van der Waals surface area contributed by atoms with E-state index in [1.165, 1.54) is 6.07 Å². The van der Waals surface area contributed by atoms with Gasteiger partial charge in [0.05, 0.1) is 24.6 Å². The number of rotatable bonds is 4. The normalized spacial score (nSPS) is 11.0. The van der Waals surface area contributed by atoms with E-state index in [0.29, 0.717) is 18.0 Å². The molecule has 5 heteroatoms. The average molecular weight is 286 g/mol. The standard InChI is InChI=1S/C16H15FN2O2/c1-2-21-12-7-5-11(6-8-12)15-14(10-20)19-9-3-4-13(17)16(19)18-15/h3-9,20H,2,10H2,1H3. The predicted octanol–water partition coefficient (Wildman–Crippen LogP) is 3.03. The highest BCUT2D eigenvalue weighted by atomic mass is 19.1. The number of hydrogen-bond acceptors (Lipinski definition) is 3. The van der Waals surface area contributed by atoms with E-state index in [2.05, 4.69) is 4.98 Å². The molecule has 0 aliphatic carbocycles. The SMILES string of the molecule is CCOc1ccc(-c2nc3c(F)cccn3c2CO)cc1. The molecule has 0 bridgehead atoms. The number of benzene rings is 1. The fraction of sp³-hybridized carbons (Fsp3) is 0.188. The zero-order chi connectivity index (χ0) is 14.8. The molecule has 0 spiro atoms. The Morgan fingerprint density at radius 2 is 2.00 bits per heavy atom. The second-order valence-corrected chi connectivity index (χ2v) is 4.57. The minimum Gasteiger partial charge on any atom is -0.494 e. The molecule has 0 amide bonds. The lowest BCUT2D eigenvalue weighted by molar-refractivity contribution is 0.276. The summed E-state index contributed by atoms with van der Waals surface area (Å²) in [6.45, 7) is 2.30. The Bertz CT molecular complexity index is 766. The van der Waals surface area contributed by atoms with Crippen molar-refractivity contribution in [3.63, 3.8) is 0 Å². The highest BCUT2D eigenvalue weighted by Gasteiger charge is 2.15. The van der Waals surface area contributed by atoms with E-state index in [1.54, 1.807) is 16.7 Å². The van der Waals surface area contributed by atoms with Gasteiger partial charge in [-0.2, -0.15) is 0 Å². The van der Waals surface area contributed by atoms with Gasteiger partial charge in [-0.1, -0.05) is 0 Å². The van der Waals surface area contributed by atoms with Gasteiger partial charge in [0.1, 0.15) is 5.75 Å². The van der Waals surface area contributed by atoms with Gasteiger partial charge in [0.15, 0.2) is 11.5 Å². The molecule has 0 aliphatic heterocycles. The van der Waals surface area contributed by atoms with Crippen molar-refractivity contribution in [2.24, 2.45) is 0 Å². The van der Waals surface area contributed by atoms with Crippen molar-refractivity contribution in [3.8, 4) is 17.0 Å². The van der Waals surface area contributed by atoms with Crippen LogP contribution in [0.15, 0.2) is 42.6 Å². The third kappa shape index (κ3) is 2.36. The molecule has 21 heavy (non-hydrogen) atoms. The molecule has 1 aromatic carbocycles. The first-order chi connectivity index (χ1) is 10.2.